The average Bonchev–Trinajstić information content (AvgIpc) is 3.39. The molecule has 2 aromatic heterocycles. The lowest BCUT2D eigenvalue weighted by Crippen LogP contribution is -2.30. The molecule has 2 aromatic carbocycles. The highest BCUT2D eigenvalue weighted by Gasteiger charge is 2.23. The normalized spacial score (nSPS) is 10.9. The number of benzene rings is 2. The van der Waals surface area contributed by atoms with Gasteiger partial charge in [-0.3, -0.25) is 4.79 Å². The molecule has 0 aliphatic carbocycles. The third kappa shape index (κ3) is 5.14. The smallest absolute Gasteiger partial charge is 0.342 e. The summed E-state index contributed by atoms with van der Waals surface area (Å²) in [6.07, 6.45) is 3.22. The van der Waals surface area contributed by atoms with Gasteiger partial charge in [0.25, 0.3) is 5.91 Å². The molecule has 0 spiro atoms. The first-order chi connectivity index (χ1) is 17.3. The van der Waals surface area contributed by atoms with Crippen LogP contribution < -0.4 is 10.1 Å². The largest absolute Gasteiger partial charge is 0.497 e. The van der Waals surface area contributed by atoms with E-state index in [9.17, 15) is 14.9 Å². The van der Waals surface area contributed by atoms with Crippen LogP contribution in [0.3, 0.4) is 0 Å². The molecule has 0 radical (unpaired) electrons. The van der Waals surface area contributed by atoms with Crippen LogP contribution in [0.5, 0.6) is 5.75 Å². The summed E-state index contributed by atoms with van der Waals surface area (Å²) in [4.78, 5) is 28.4. The molecular formula is C27H29N5O4. The third-order valence-electron chi connectivity index (χ3n) is 6.18. The van der Waals surface area contributed by atoms with Gasteiger partial charge in [0.15, 0.2) is 5.82 Å². The second-order valence-corrected chi connectivity index (χ2v) is 8.71. The number of ether oxygens (including phenoxy) is 1. The zero-order chi connectivity index (χ0) is 25.8. The molecule has 1 amide bonds. The maximum atomic E-state index is 13.6. The summed E-state index contributed by atoms with van der Waals surface area (Å²) in [5, 5.41) is 14.2. The van der Waals surface area contributed by atoms with Crippen LogP contribution in [0, 0.1) is 30.9 Å². The molecule has 0 saturated heterocycles. The Morgan fingerprint density at radius 3 is 2.42 bits per heavy atom. The summed E-state index contributed by atoms with van der Waals surface area (Å²) in [6.45, 7) is 6.69. The molecule has 0 aliphatic heterocycles. The zero-order valence-electron chi connectivity index (χ0n) is 20.8. The lowest BCUT2D eigenvalue weighted by atomic mass is 10.0. The number of amides is 1. The monoisotopic (exact) mass is 487 g/mol. The van der Waals surface area contributed by atoms with Gasteiger partial charge in [0.2, 0.25) is 0 Å². The lowest BCUT2D eigenvalue weighted by Gasteiger charge is -2.13. The highest BCUT2D eigenvalue weighted by Crippen LogP contribution is 2.30. The van der Waals surface area contributed by atoms with E-state index < -0.39 is 4.92 Å². The van der Waals surface area contributed by atoms with Gasteiger partial charge in [-0.25, -0.2) is 9.55 Å². The van der Waals surface area contributed by atoms with Crippen molar-refractivity contribution in [3.05, 3.63) is 99.2 Å². The lowest BCUT2D eigenvalue weighted by molar-refractivity contribution is -0.392. The highest BCUT2D eigenvalue weighted by atomic mass is 16.6. The maximum Gasteiger partial charge on any atom is 0.342 e. The van der Waals surface area contributed by atoms with Crippen molar-refractivity contribution < 1.29 is 14.5 Å². The summed E-state index contributed by atoms with van der Waals surface area (Å²) in [5.41, 5.74) is 5.52. The number of nitro groups is 1. The Balaban J connectivity index is 1.64. The number of aromatic nitrogens is 3. The number of aryl methyl sites for hydroxylation is 3. The SMILES string of the molecule is COc1ccc(Cn2cc(C)c(-c3ccc(C)cc3)c2C(=O)NCCn2c([N+](=O)[O-])cnc2C)cc1. The fourth-order valence-electron chi connectivity index (χ4n) is 4.32. The minimum absolute atomic E-state index is 0.0965. The summed E-state index contributed by atoms with van der Waals surface area (Å²) in [6, 6.07) is 15.8. The maximum absolute atomic E-state index is 13.6. The van der Waals surface area contributed by atoms with E-state index in [4.69, 9.17) is 4.74 Å². The third-order valence-corrected chi connectivity index (χ3v) is 6.18. The van der Waals surface area contributed by atoms with Gasteiger partial charge in [-0.05, 0) is 47.6 Å². The number of carbonyl (C=O) groups is 1. The Bertz CT molecular complexity index is 1390. The van der Waals surface area contributed by atoms with Crippen LogP contribution in [0.15, 0.2) is 60.9 Å². The standard InChI is InChI=1S/C27H29N5O4/c1-18-5-9-22(10-6-18)25-19(2)16-30(17-21-7-11-23(36-4)12-8-21)26(25)27(33)28-13-14-31-20(3)29-15-24(31)32(34)35/h5-12,15-16H,13-14,17H2,1-4H3,(H,28,33). The van der Waals surface area contributed by atoms with Gasteiger partial charge >= 0.3 is 5.82 Å². The number of nitrogens with one attached hydrogen (secondary N) is 1. The second kappa shape index (κ2) is 10.5. The van der Waals surface area contributed by atoms with Crippen LogP contribution in [0.2, 0.25) is 0 Å². The Kier molecular flexibility index (Phi) is 7.19. The Hall–Kier alpha value is -4.40. The Labute approximate surface area is 209 Å². The number of methoxy groups -OCH3 is 1. The number of imidazole rings is 1. The van der Waals surface area contributed by atoms with Crippen molar-refractivity contribution in [1.29, 1.82) is 0 Å². The molecule has 0 bridgehead atoms. The summed E-state index contributed by atoms with van der Waals surface area (Å²) < 4.78 is 8.70. The van der Waals surface area contributed by atoms with Crippen molar-refractivity contribution in [2.45, 2.75) is 33.9 Å². The molecule has 36 heavy (non-hydrogen) atoms. The van der Waals surface area contributed by atoms with Crippen LogP contribution in [0.4, 0.5) is 5.82 Å². The van der Waals surface area contributed by atoms with Gasteiger partial charge in [-0.1, -0.05) is 42.0 Å². The molecule has 0 atom stereocenters. The quantitative estimate of drug-likeness (QED) is 0.273. The van der Waals surface area contributed by atoms with Crippen LogP contribution in [0.1, 0.15) is 33.0 Å². The Morgan fingerprint density at radius 2 is 1.78 bits per heavy atom. The molecule has 9 heteroatoms. The molecule has 2 heterocycles. The van der Waals surface area contributed by atoms with E-state index in [1.54, 1.807) is 14.0 Å². The second-order valence-electron chi connectivity index (χ2n) is 8.71. The van der Waals surface area contributed by atoms with E-state index in [1.165, 1.54) is 10.8 Å². The van der Waals surface area contributed by atoms with Crippen LogP contribution in [-0.2, 0) is 13.1 Å². The molecule has 4 rings (SSSR count). The number of hydrogen-bond acceptors (Lipinski definition) is 5. The van der Waals surface area contributed by atoms with E-state index in [0.717, 1.165) is 33.6 Å². The molecule has 1 N–H and O–H groups in total. The molecule has 9 nitrogen and oxygen atoms in total. The summed E-state index contributed by atoms with van der Waals surface area (Å²) in [7, 11) is 1.63. The van der Waals surface area contributed by atoms with E-state index in [1.807, 2.05) is 73.1 Å². The van der Waals surface area contributed by atoms with Crippen molar-refractivity contribution in [2.24, 2.45) is 0 Å². The molecule has 0 unspecified atom stereocenters. The number of hydrogen-bond donors (Lipinski definition) is 1. The fraction of sp³-hybridized carbons (Fsp3) is 0.259. The first-order valence-electron chi connectivity index (χ1n) is 11.6. The molecule has 4 aromatic rings. The van der Waals surface area contributed by atoms with Gasteiger partial charge in [0.05, 0.1) is 13.7 Å². The first-order valence-corrected chi connectivity index (χ1v) is 11.6. The van der Waals surface area contributed by atoms with Crippen LogP contribution in [-0.4, -0.2) is 38.6 Å². The predicted molar refractivity (Wildman–Crippen MR) is 137 cm³/mol. The highest BCUT2D eigenvalue weighted by molar-refractivity contribution is 6.00. The molecule has 186 valence electrons. The average molecular weight is 488 g/mol. The van der Waals surface area contributed by atoms with Crippen LogP contribution in [0.25, 0.3) is 11.1 Å². The van der Waals surface area contributed by atoms with Crippen molar-refractivity contribution in [2.75, 3.05) is 13.7 Å². The van der Waals surface area contributed by atoms with Crippen molar-refractivity contribution in [1.82, 2.24) is 19.4 Å². The minimum atomic E-state index is -0.472. The van der Waals surface area contributed by atoms with E-state index in [2.05, 4.69) is 10.3 Å². The van der Waals surface area contributed by atoms with Crippen molar-refractivity contribution in [3.63, 3.8) is 0 Å². The van der Waals surface area contributed by atoms with E-state index in [-0.39, 0.29) is 24.8 Å². The van der Waals surface area contributed by atoms with E-state index >= 15 is 0 Å². The van der Waals surface area contributed by atoms with Crippen molar-refractivity contribution >= 4 is 11.7 Å². The predicted octanol–water partition coefficient (Wildman–Crippen LogP) is 4.67. The minimum Gasteiger partial charge on any atom is -0.497 e. The molecular weight excluding hydrogens is 458 g/mol. The van der Waals surface area contributed by atoms with Gasteiger partial charge in [-0.2, -0.15) is 0 Å². The van der Waals surface area contributed by atoms with E-state index in [0.29, 0.717) is 18.1 Å². The number of rotatable bonds is 9. The van der Waals surface area contributed by atoms with Gasteiger partial charge in [0, 0.05) is 25.2 Å². The number of nitrogens with zero attached hydrogens (tertiary/aromatic N) is 4. The number of carbonyl (C=O) groups excluding carboxylic acids is 1. The van der Waals surface area contributed by atoms with Crippen LogP contribution >= 0.6 is 0 Å². The van der Waals surface area contributed by atoms with Gasteiger partial charge in [-0.15, -0.1) is 0 Å². The summed E-state index contributed by atoms with van der Waals surface area (Å²) >= 11 is 0. The molecule has 0 aliphatic rings. The molecule has 0 saturated carbocycles. The first kappa shape index (κ1) is 24.7. The van der Waals surface area contributed by atoms with Crippen molar-refractivity contribution in [3.8, 4) is 16.9 Å². The Morgan fingerprint density at radius 1 is 1.08 bits per heavy atom. The zero-order valence-corrected chi connectivity index (χ0v) is 20.8. The topological polar surface area (TPSA) is 104 Å². The van der Waals surface area contributed by atoms with Gasteiger partial charge in [0.1, 0.15) is 24.2 Å². The molecule has 0 fully saturated rings. The van der Waals surface area contributed by atoms with Gasteiger partial charge < -0.3 is 24.7 Å². The summed E-state index contributed by atoms with van der Waals surface area (Å²) in [5.74, 6) is 0.952. The fourth-order valence-corrected chi connectivity index (χ4v) is 4.32.